The topological polar surface area (TPSA) is 134 Å². The standard InChI is InChI=1S/C19H29NO8/c1-11-9-19(26,12(2)21)17(24)28-14-6-8-20(4)7-5-13(15(14)22)10-27-16(23)18(11,3)25/h5,11-12,14,21,25-26H,6-10H2,1-4H3/b13-5-/t11-,12-,14-,18-,19+/m1/s1. The largest absolute Gasteiger partial charge is 0.459 e. The Balaban J connectivity index is 2.50. The van der Waals surface area contributed by atoms with Gasteiger partial charge in [-0.05, 0) is 33.2 Å². The number of hydrogen-bond donors (Lipinski definition) is 3. The molecule has 0 aliphatic carbocycles. The highest BCUT2D eigenvalue weighted by atomic mass is 16.6. The van der Waals surface area contributed by atoms with E-state index in [-0.39, 0.29) is 18.6 Å². The summed E-state index contributed by atoms with van der Waals surface area (Å²) in [7, 11) is 1.82. The summed E-state index contributed by atoms with van der Waals surface area (Å²) in [5.41, 5.74) is -4.31. The van der Waals surface area contributed by atoms with Crippen molar-refractivity contribution in [2.45, 2.75) is 57.0 Å². The molecule has 0 amide bonds. The maximum Gasteiger partial charge on any atom is 0.341 e. The highest BCUT2D eigenvalue weighted by molar-refractivity contribution is 6.01. The van der Waals surface area contributed by atoms with Gasteiger partial charge in [-0.25, -0.2) is 9.59 Å². The first-order chi connectivity index (χ1) is 12.9. The maximum absolute atomic E-state index is 12.8. The number of Topliss-reactive ketones (excluding diaryl/α,β-unsaturated/α-hetero) is 1. The summed E-state index contributed by atoms with van der Waals surface area (Å²) < 4.78 is 10.5. The van der Waals surface area contributed by atoms with E-state index in [1.165, 1.54) is 20.8 Å². The van der Waals surface area contributed by atoms with Crippen LogP contribution in [0.4, 0.5) is 0 Å². The van der Waals surface area contributed by atoms with E-state index >= 15 is 0 Å². The lowest BCUT2D eigenvalue weighted by Crippen LogP contribution is -2.56. The van der Waals surface area contributed by atoms with Gasteiger partial charge in [-0.1, -0.05) is 13.0 Å². The second kappa shape index (κ2) is 8.28. The lowest BCUT2D eigenvalue weighted by molar-refractivity contribution is -0.194. The Morgan fingerprint density at radius 3 is 2.50 bits per heavy atom. The van der Waals surface area contributed by atoms with Crippen molar-refractivity contribution in [1.82, 2.24) is 4.90 Å². The number of nitrogens with zero attached hydrogens (tertiary/aromatic N) is 1. The van der Waals surface area contributed by atoms with Crippen LogP contribution in [0.2, 0.25) is 0 Å². The molecule has 9 nitrogen and oxygen atoms in total. The van der Waals surface area contributed by atoms with E-state index in [2.05, 4.69) is 0 Å². The lowest BCUT2D eigenvalue weighted by atomic mass is 9.79. The quantitative estimate of drug-likeness (QED) is 0.483. The Kier molecular flexibility index (Phi) is 6.65. The molecule has 0 aromatic carbocycles. The summed E-state index contributed by atoms with van der Waals surface area (Å²) in [5, 5.41) is 31.5. The Bertz CT molecular complexity index is 671. The molecule has 0 spiro atoms. The Labute approximate surface area is 163 Å². The van der Waals surface area contributed by atoms with Gasteiger partial charge in [-0.2, -0.15) is 0 Å². The molecule has 1 fully saturated rings. The first-order valence-electron chi connectivity index (χ1n) is 9.32. The van der Waals surface area contributed by atoms with Crippen molar-refractivity contribution in [2.75, 3.05) is 26.7 Å². The van der Waals surface area contributed by atoms with Crippen LogP contribution in [0.3, 0.4) is 0 Å². The number of esters is 2. The number of carbonyl (C=O) groups excluding carboxylic acids is 3. The van der Waals surface area contributed by atoms with Crippen LogP contribution >= 0.6 is 0 Å². The van der Waals surface area contributed by atoms with Gasteiger partial charge in [0.2, 0.25) is 5.78 Å². The van der Waals surface area contributed by atoms with Gasteiger partial charge in [-0.15, -0.1) is 0 Å². The molecule has 0 saturated carbocycles. The van der Waals surface area contributed by atoms with E-state index in [0.29, 0.717) is 13.1 Å². The zero-order chi connectivity index (χ0) is 21.3. The molecule has 158 valence electrons. The lowest BCUT2D eigenvalue weighted by Gasteiger charge is -2.37. The molecule has 0 radical (unpaired) electrons. The molecule has 2 aliphatic rings. The fourth-order valence-corrected chi connectivity index (χ4v) is 3.19. The molecule has 0 aromatic rings. The normalized spacial score (nSPS) is 39.2. The van der Waals surface area contributed by atoms with Gasteiger partial charge in [0.15, 0.2) is 17.3 Å². The SMILES string of the molecule is C[C@@H]1C[C@](O)([C@@H](C)O)C(=O)O[C@@H]2CCN(C)C/C=C(/COC(=O)[C@]1(C)O)C2=O. The van der Waals surface area contributed by atoms with E-state index in [9.17, 15) is 29.7 Å². The molecule has 0 aromatic heterocycles. The molecule has 2 heterocycles. The average Bonchev–Trinajstić information content (AvgIpc) is 2.61. The third kappa shape index (κ3) is 4.43. The van der Waals surface area contributed by atoms with Crippen LogP contribution in [0.25, 0.3) is 0 Å². The van der Waals surface area contributed by atoms with Gasteiger partial charge >= 0.3 is 11.9 Å². The first-order valence-corrected chi connectivity index (χ1v) is 9.32. The van der Waals surface area contributed by atoms with Crippen molar-refractivity contribution in [3.05, 3.63) is 11.6 Å². The summed E-state index contributed by atoms with van der Waals surface area (Å²) in [6.45, 7) is 4.39. The molecule has 3 N–H and O–H groups in total. The van der Waals surface area contributed by atoms with Crippen LogP contribution in [0.15, 0.2) is 11.6 Å². The van der Waals surface area contributed by atoms with Crippen LogP contribution in [0, 0.1) is 5.92 Å². The second-order valence-electron chi connectivity index (χ2n) is 7.97. The van der Waals surface area contributed by atoms with Gasteiger partial charge in [-0.3, -0.25) is 4.79 Å². The number of carbonyl (C=O) groups is 3. The number of cyclic esters (lactones) is 1. The van der Waals surface area contributed by atoms with Crippen LogP contribution in [-0.2, 0) is 23.9 Å². The van der Waals surface area contributed by atoms with Crippen molar-refractivity contribution < 1.29 is 39.2 Å². The van der Waals surface area contributed by atoms with Gasteiger partial charge in [0.25, 0.3) is 0 Å². The summed E-state index contributed by atoms with van der Waals surface area (Å²) in [5.74, 6) is -3.63. The average molecular weight is 399 g/mol. The van der Waals surface area contributed by atoms with Crippen molar-refractivity contribution in [3.63, 3.8) is 0 Å². The second-order valence-corrected chi connectivity index (χ2v) is 7.97. The van der Waals surface area contributed by atoms with E-state index < -0.39 is 53.5 Å². The Morgan fingerprint density at radius 2 is 1.89 bits per heavy atom. The fraction of sp³-hybridized carbons (Fsp3) is 0.737. The molecular formula is C19H29NO8. The fourth-order valence-electron chi connectivity index (χ4n) is 3.19. The van der Waals surface area contributed by atoms with Gasteiger partial charge in [0, 0.05) is 25.1 Å². The highest BCUT2D eigenvalue weighted by Gasteiger charge is 2.50. The number of fused-ring (bicyclic) bond motifs is 2. The number of ketones is 1. The monoisotopic (exact) mass is 399 g/mol. The smallest absolute Gasteiger partial charge is 0.341 e. The van der Waals surface area contributed by atoms with Gasteiger partial charge in [0.1, 0.15) is 6.61 Å². The van der Waals surface area contributed by atoms with Gasteiger partial charge < -0.3 is 29.7 Å². The summed E-state index contributed by atoms with van der Waals surface area (Å²) in [6, 6.07) is 0. The number of likely N-dealkylation sites (N-methyl/N-ethyl adjacent to an activating group) is 1. The van der Waals surface area contributed by atoms with E-state index in [1.807, 2.05) is 11.9 Å². The van der Waals surface area contributed by atoms with Crippen LogP contribution < -0.4 is 0 Å². The minimum atomic E-state index is -2.40. The molecule has 2 aliphatic heterocycles. The molecule has 28 heavy (non-hydrogen) atoms. The molecule has 2 rings (SSSR count). The Morgan fingerprint density at radius 1 is 1.25 bits per heavy atom. The molecule has 5 atom stereocenters. The van der Waals surface area contributed by atoms with E-state index in [0.717, 1.165) is 0 Å². The third-order valence-corrected chi connectivity index (χ3v) is 5.67. The summed E-state index contributed by atoms with van der Waals surface area (Å²) in [6.07, 6.45) is -1.43. The molecule has 1 saturated heterocycles. The number of aliphatic hydroxyl groups is 3. The predicted molar refractivity (Wildman–Crippen MR) is 97.1 cm³/mol. The maximum atomic E-state index is 12.8. The van der Waals surface area contributed by atoms with Gasteiger partial charge in [0.05, 0.1) is 6.10 Å². The van der Waals surface area contributed by atoms with E-state index in [1.54, 1.807) is 6.08 Å². The van der Waals surface area contributed by atoms with Crippen molar-refractivity contribution in [3.8, 4) is 0 Å². The first kappa shape index (κ1) is 22.5. The predicted octanol–water partition coefficient (Wildman–Crippen LogP) is -0.825. The molecule has 9 heteroatoms. The van der Waals surface area contributed by atoms with Crippen molar-refractivity contribution >= 4 is 17.7 Å². The van der Waals surface area contributed by atoms with E-state index in [4.69, 9.17) is 9.47 Å². The minimum absolute atomic E-state index is 0.141. The van der Waals surface area contributed by atoms with Crippen LogP contribution in [0.5, 0.6) is 0 Å². The summed E-state index contributed by atoms with van der Waals surface area (Å²) >= 11 is 0. The number of hydrogen-bond acceptors (Lipinski definition) is 9. The highest BCUT2D eigenvalue weighted by Crippen LogP contribution is 2.32. The summed E-state index contributed by atoms with van der Waals surface area (Å²) in [4.78, 5) is 39.9. The number of ether oxygens (including phenoxy) is 2. The molecular weight excluding hydrogens is 370 g/mol. The minimum Gasteiger partial charge on any atom is -0.459 e. The zero-order valence-electron chi connectivity index (χ0n) is 16.7. The third-order valence-electron chi connectivity index (χ3n) is 5.67. The molecule has 2 bridgehead atoms. The Hall–Kier alpha value is -1.81. The zero-order valence-corrected chi connectivity index (χ0v) is 16.7. The van der Waals surface area contributed by atoms with Crippen LogP contribution in [-0.4, -0.2) is 88.1 Å². The molecule has 0 unspecified atom stereocenters. The van der Waals surface area contributed by atoms with Crippen molar-refractivity contribution in [2.24, 2.45) is 5.92 Å². The van der Waals surface area contributed by atoms with Crippen molar-refractivity contribution in [1.29, 1.82) is 0 Å². The van der Waals surface area contributed by atoms with Crippen LogP contribution in [0.1, 0.15) is 33.6 Å². The number of rotatable bonds is 1. The number of aliphatic hydroxyl groups excluding tert-OH is 1.